The minimum atomic E-state index is -0.476. The molecular formula is C18H20N4O4. The van der Waals surface area contributed by atoms with Gasteiger partial charge in [0, 0.05) is 36.9 Å². The first-order valence-corrected chi connectivity index (χ1v) is 8.55. The van der Waals surface area contributed by atoms with Crippen LogP contribution in [0, 0.1) is 16.0 Å². The second kappa shape index (κ2) is 7.47. The molecule has 0 N–H and O–H groups in total. The highest BCUT2D eigenvalue weighted by molar-refractivity contribution is 5.76. The fourth-order valence-electron chi connectivity index (χ4n) is 2.96. The predicted molar refractivity (Wildman–Crippen MR) is 95.6 cm³/mol. The molecule has 0 bridgehead atoms. The standard InChI is InChI=1S/C18H20N4O4/c1-13-8-10-20(11-9-13)18(24)12-21-17(23)7-6-16(19-21)14-2-4-15(5-3-14)22(25)26/h2-7,13H,8-12H2,1H3. The van der Waals surface area contributed by atoms with Gasteiger partial charge >= 0.3 is 0 Å². The number of piperidine rings is 1. The molecule has 1 amide bonds. The van der Waals surface area contributed by atoms with Gasteiger partial charge in [-0.3, -0.25) is 19.7 Å². The number of hydrogen-bond donors (Lipinski definition) is 0. The van der Waals surface area contributed by atoms with E-state index in [4.69, 9.17) is 0 Å². The number of carbonyl (C=O) groups is 1. The Morgan fingerprint density at radius 1 is 1.19 bits per heavy atom. The topological polar surface area (TPSA) is 98.3 Å². The highest BCUT2D eigenvalue weighted by atomic mass is 16.6. The average molecular weight is 356 g/mol. The van der Waals surface area contributed by atoms with Crippen LogP contribution in [-0.4, -0.2) is 38.6 Å². The van der Waals surface area contributed by atoms with Crippen LogP contribution in [0.5, 0.6) is 0 Å². The Morgan fingerprint density at radius 2 is 1.85 bits per heavy atom. The Kier molecular flexibility index (Phi) is 5.11. The van der Waals surface area contributed by atoms with E-state index in [1.54, 1.807) is 23.1 Å². The number of nitro groups is 1. The lowest BCUT2D eigenvalue weighted by Crippen LogP contribution is -2.41. The van der Waals surface area contributed by atoms with Crippen LogP contribution in [0.15, 0.2) is 41.2 Å². The molecule has 0 saturated carbocycles. The van der Waals surface area contributed by atoms with Gasteiger partial charge in [0.05, 0.1) is 10.6 Å². The Bertz CT molecular complexity index is 868. The maximum absolute atomic E-state index is 12.4. The van der Waals surface area contributed by atoms with Crippen molar-refractivity contribution in [1.82, 2.24) is 14.7 Å². The molecule has 2 heterocycles. The Balaban J connectivity index is 1.78. The van der Waals surface area contributed by atoms with Gasteiger partial charge in [-0.25, -0.2) is 4.68 Å². The van der Waals surface area contributed by atoms with Crippen LogP contribution in [0.1, 0.15) is 19.8 Å². The summed E-state index contributed by atoms with van der Waals surface area (Å²) in [6.07, 6.45) is 1.94. The monoisotopic (exact) mass is 356 g/mol. The summed E-state index contributed by atoms with van der Waals surface area (Å²) in [4.78, 5) is 36.5. The molecule has 1 saturated heterocycles. The Hall–Kier alpha value is -3.03. The second-order valence-electron chi connectivity index (χ2n) is 6.58. The number of nitro benzene ring substituents is 1. The van der Waals surface area contributed by atoms with E-state index in [-0.39, 0.29) is 23.7 Å². The van der Waals surface area contributed by atoms with E-state index in [9.17, 15) is 19.7 Å². The maximum Gasteiger partial charge on any atom is 0.269 e. The van der Waals surface area contributed by atoms with Crippen molar-refractivity contribution in [3.05, 3.63) is 56.9 Å². The van der Waals surface area contributed by atoms with Gasteiger partial charge in [-0.05, 0) is 37.0 Å². The molecule has 2 aromatic rings. The van der Waals surface area contributed by atoms with Crippen molar-refractivity contribution in [2.75, 3.05) is 13.1 Å². The molecule has 0 unspecified atom stereocenters. The first kappa shape index (κ1) is 17.8. The van der Waals surface area contributed by atoms with Crippen molar-refractivity contribution in [2.45, 2.75) is 26.3 Å². The Morgan fingerprint density at radius 3 is 2.46 bits per heavy atom. The quantitative estimate of drug-likeness (QED) is 0.617. The number of nitrogens with zero attached hydrogens (tertiary/aromatic N) is 4. The van der Waals surface area contributed by atoms with Gasteiger partial charge in [-0.1, -0.05) is 6.92 Å². The lowest BCUT2D eigenvalue weighted by molar-refractivity contribution is -0.384. The zero-order chi connectivity index (χ0) is 18.7. The number of aromatic nitrogens is 2. The van der Waals surface area contributed by atoms with E-state index in [1.165, 1.54) is 18.2 Å². The largest absolute Gasteiger partial charge is 0.341 e. The van der Waals surface area contributed by atoms with Crippen molar-refractivity contribution in [1.29, 1.82) is 0 Å². The fourth-order valence-corrected chi connectivity index (χ4v) is 2.96. The van der Waals surface area contributed by atoms with Crippen LogP contribution < -0.4 is 5.56 Å². The normalized spacial score (nSPS) is 15.0. The molecule has 1 aromatic carbocycles. The van der Waals surface area contributed by atoms with E-state index in [1.807, 2.05) is 0 Å². The van der Waals surface area contributed by atoms with Crippen LogP contribution in [0.25, 0.3) is 11.3 Å². The van der Waals surface area contributed by atoms with Crippen molar-refractivity contribution >= 4 is 11.6 Å². The molecule has 8 nitrogen and oxygen atoms in total. The van der Waals surface area contributed by atoms with E-state index < -0.39 is 4.92 Å². The number of non-ortho nitro benzene ring substituents is 1. The molecular weight excluding hydrogens is 336 g/mol. The van der Waals surface area contributed by atoms with E-state index in [0.717, 1.165) is 17.5 Å². The molecule has 3 rings (SSSR count). The molecule has 0 radical (unpaired) electrons. The third-order valence-electron chi connectivity index (χ3n) is 4.66. The van der Waals surface area contributed by atoms with Crippen molar-refractivity contribution in [3.63, 3.8) is 0 Å². The first-order chi connectivity index (χ1) is 12.4. The number of likely N-dealkylation sites (tertiary alicyclic amines) is 1. The van der Waals surface area contributed by atoms with Crippen LogP contribution in [0.2, 0.25) is 0 Å². The number of benzene rings is 1. The minimum absolute atomic E-state index is 0.0171. The highest BCUT2D eigenvalue weighted by Gasteiger charge is 2.21. The van der Waals surface area contributed by atoms with Gasteiger partial charge in [0.2, 0.25) is 5.91 Å². The van der Waals surface area contributed by atoms with Crippen LogP contribution in [0.3, 0.4) is 0 Å². The fraction of sp³-hybridized carbons (Fsp3) is 0.389. The molecule has 0 spiro atoms. The second-order valence-corrected chi connectivity index (χ2v) is 6.58. The van der Waals surface area contributed by atoms with E-state index in [0.29, 0.717) is 30.3 Å². The summed E-state index contributed by atoms with van der Waals surface area (Å²) in [7, 11) is 0. The Labute approximate surface area is 150 Å². The third kappa shape index (κ3) is 3.96. The number of amides is 1. The smallest absolute Gasteiger partial charge is 0.269 e. The summed E-state index contributed by atoms with van der Waals surface area (Å²) in [5, 5.41) is 15.0. The molecule has 136 valence electrons. The van der Waals surface area contributed by atoms with E-state index in [2.05, 4.69) is 12.0 Å². The zero-order valence-electron chi connectivity index (χ0n) is 14.5. The molecule has 8 heteroatoms. The lowest BCUT2D eigenvalue weighted by atomic mass is 9.99. The summed E-state index contributed by atoms with van der Waals surface area (Å²) in [5.41, 5.74) is 0.758. The number of carbonyl (C=O) groups excluding carboxylic acids is 1. The molecule has 0 atom stereocenters. The van der Waals surface area contributed by atoms with Gasteiger partial charge < -0.3 is 4.90 Å². The maximum atomic E-state index is 12.4. The zero-order valence-corrected chi connectivity index (χ0v) is 14.5. The van der Waals surface area contributed by atoms with Gasteiger partial charge in [-0.2, -0.15) is 5.10 Å². The van der Waals surface area contributed by atoms with Gasteiger partial charge in [0.1, 0.15) is 6.54 Å². The van der Waals surface area contributed by atoms with Crippen molar-refractivity contribution in [2.24, 2.45) is 5.92 Å². The van der Waals surface area contributed by atoms with Gasteiger partial charge in [0.25, 0.3) is 11.2 Å². The van der Waals surface area contributed by atoms with Crippen molar-refractivity contribution < 1.29 is 9.72 Å². The summed E-state index contributed by atoms with van der Waals surface area (Å²) < 4.78 is 1.15. The number of rotatable bonds is 4. The summed E-state index contributed by atoms with van der Waals surface area (Å²) in [6.45, 7) is 3.48. The minimum Gasteiger partial charge on any atom is -0.341 e. The molecule has 1 aliphatic rings. The highest BCUT2D eigenvalue weighted by Crippen LogP contribution is 2.20. The third-order valence-corrected chi connectivity index (χ3v) is 4.66. The van der Waals surface area contributed by atoms with Crippen LogP contribution >= 0.6 is 0 Å². The molecule has 26 heavy (non-hydrogen) atoms. The number of hydrogen-bond acceptors (Lipinski definition) is 5. The lowest BCUT2D eigenvalue weighted by Gasteiger charge is -2.30. The predicted octanol–water partition coefficient (Wildman–Crippen LogP) is 2.08. The molecule has 1 aliphatic heterocycles. The summed E-state index contributed by atoms with van der Waals surface area (Å²) in [6, 6.07) is 8.81. The van der Waals surface area contributed by atoms with Crippen LogP contribution in [-0.2, 0) is 11.3 Å². The van der Waals surface area contributed by atoms with Crippen molar-refractivity contribution in [3.8, 4) is 11.3 Å². The SMILES string of the molecule is CC1CCN(C(=O)Cn2nc(-c3ccc([N+](=O)[O-])cc3)ccc2=O)CC1. The molecule has 0 aliphatic carbocycles. The van der Waals surface area contributed by atoms with Crippen LogP contribution in [0.4, 0.5) is 5.69 Å². The summed E-state index contributed by atoms with van der Waals surface area (Å²) in [5.74, 6) is 0.498. The summed E-state index contributed by atoms with van der Waals surface area (Å²) >= 11 is 0. The average Bonchev–Trinajstić information content (AvgIpc) is 2.64. The van der Waals surface area contributed by atoms with E-state index >= 15 is 0 Å². The first-order valence-electron chi connectivity index (χ1n) is 8.55. The molecule has 1 aromatic heterocycles. The van der Waals surface area contributed by atoms with Gasteiger partial charge in [0.15, 0.2) is 0 Å². The van der Waals surface area contributed by atoms with Gasteiger partial charge in [-0.15, -0.1) is 0 Å². The molecule has 1 fully saturated rings.